The molecule has 0 spiro atoms. The molecular weight excluding hydrogens is 394 g/mol. The number of ether oxygens (including phenoxy) is 1. The number of hydrogen-bond acceptors (Lipinski definition) is 7. The van der Waals surface area contributed by atoms with Crippen LogP contribution in [0.2, 0.25) is 0 Å². The molecule has 2 heterocycles. The molecule has 3 rings (SSSR count). The number of aromatic amines is 1. The maximum atomic E-state index is 13.5. The van der Waals surface area contributed by atoms with Gasteiger partial charge < -0.3 is 24.1 Å². The maximum Gasteiger partial charge on any atom is 0.418 e. The number of benzene rings is 1. The van der Waals surface area contributed by atoms with Gasteiger partial charge in [-0.25, -0.2) is 0 Å². The van der Waals surface area contributed by atoms with Gasteiger partial charge in [-0.05, 0) is 12.1 Å². The first-order valence-corrected chi connectivity index (χ1v) is 9.68. The van der Waals surface area contributed by atoms with Crippen molar-refractivity contribution < 1.29 is 32.0 Å². The Morgan fingerprint density at radius 1 is 1.26 bits per heavy atom. The molecule has 1 unspecified atom stereocenters. The summed E-state index contributed by atoms with van der Waals surface area (Å²) in [6.07, 6.45) is -4.75. The summed E-state index contributed by atoms with van der Waals surface area (Å²) in [6, 6.07) is 1.61. The predicted molar refractivity (Wildman–Crippen MR) is 87.0 cm³/mol. The average molecular weight is 408 g/mol. The SMILES string of the molecule is CP(=O)([O-])On1c(=O)c(=O)[nH]c2cc(C(F)(F)F)c(N3CCOCC3)cc21. The second-order valence-corrected chi connectivity index (χ2v) is 7.60. The molecule has 1 N–H and O–H groups in total. The topological polar surface area (TPSA) is 117 Å². The number of nitrogens with one attached hydrogen (secondary N) is 1. The van der Waals surface area contributed by atoms with Crippen LogP contribution in [0.1, 0.15) is 5.56 Å². The molecular formula is C14H14F3N3O6P-. The van der Waals surface area contributed by atoms with Crippen LogP contribution in [-0.2, 0) is 15.5 Å². The standard InChI is InChI=1S/C14H15F3N3O6P/c1-27(23,24)26-20-11-7-10(19-2-4-25-5-3-19)8(14(15,16)17)6-9(11)18-12(21)13(20)22/h6-7H,2-5H2,1H3,(H,18,21)(H,23,24)/p-1. The van der Waals surface area contributed by atoms with Gasteiger partial charge in [0.1, 0.15) is 5.52 Å². The molecule has 1 aromatic heterocycles. The first-order chi connectivity index (χ1) is 12.5. The Morgan fingerprint density at radius 2 is 1.89 bits per heavy atom. The molecule has 148 valence electrons. The van der Waals surface area contributed by atoms with Crippen LogP contribution in [-0.4, -0.2) is 42.7 Å². The smallest absolute Gasteiger partial charge is 0.418 e. The van der Waals surface area contributed by atoms with Gasteiger partial charge in [-0.2, -0.15) is 13.2 Å². The minimum Gasteiger partial charge on any atom is -0.767 e. The van der Waals surface area contributed by atoms with Crippen molar-refractivity contribution >= 4 is 24.3 Å². The zero-order chi connectivity index (χ0) is 20.0. The summed E-state index contributed by atoms with van der Waals surface area (Å²) in [5, 5.41) is 0. The van der Waals surface area contributed by atoms with E-state index in [0.29, 0.717) is 12.7 Å². The third kappa shape index (κ3) is 4.02. The van der Waals surface area contributed by atoms with E-state index < -0.39 is 36.0 Å². The molecule has 1 aliphatic heterocycles. The predicted octanol–water partition coefficient (Wildman–Crippen LogP) is 0.157. The van der Waals surface area contributed by atoms with Gasteiger partial charge in [-0.3, -0.25) is 14.2 Å². The van der Waals surface area contributed by atoms with Gasteiger partial charge in [0.2, 0.25) is 7.60 Å². The number of aromatic nitrogens is 2. The molecule has 1 fully saturated rings. The molecule has 1 atom stereocenters. The molecule has 1 saturated heterocycles. The second-order valence-electron chi connectivity index (χ2n) is 5.89. The Kier molecular flexibility index (Phi) is 4.83. The van der Waals surface area contributed by atoms with Gasteiger partial charge in [-0.15, -0.1) is 4.73 Å². The number of rotatable bonds is 3. The summed E-state index contributed by atoms with van der Waals surface area (Å²) < 4.78 is 61.9. The lowest BCUT2D eigenvalue weighted by Gasteiger charge is -2.31. The molecule has 27 heavy (non-hydrogen) atoms. The second kappa shape index (κ2) is 6.70. The Hall–Kier alpha value is -2.30. The number of halogens is 3. The number of morpholine rings is 1. The molecule has 2 aromatic rings. The molecule has 13 heteroatoms. The van der Waals surface area contributed by atoms with Gasteiger partial charge in [0.05, 0.1) is 30.0 Å². The van der Waals surface area contributed by atoms with Crippen molar-refractivity contribution in [2.75, 3.05) is 37.9 Å². The largest absolute Gasteiger partial charge is 0.767 e. The highest BCUT2D eigenvalue weighted by Crippen LogP contribution is 2.39. The number of anilines is 1. The molecule has 0 bridgehead atoms. The summed E-state index contributed by atoms with van der Waals surface area (Å²) in [4.78, 5) is 38.6. The van der Waals surface area contributed by atoms with Crippen LogP contribution < -0.4 is 25.5 Å². The van der Waals surface area contributed by atoms with E-state index in [1.54, 1.807) is 0 Å². The van der Waals surface area contributed by atoms with Gasteiger partial charge in [0, 0.05) is 19.8 Å². The lowest BCUT2D eigenvalue weighted by molar-refractivity contribution is -0.196. The van der Waals surface area contributed by atoms with Crippen molar-refractivity contribution in [3.05, 3.63) is 38.4 Å². The summed E-state index contributed by atoms with van der Waals surface area (Å²) in [5.74, 6) is 0. The lowest BCUT2D eigenvalue weighted by Crippen LogP contribution is -2.40. The van der Waals surface area contributed by atoms with E-state index in [-0.39, 0.29) is 42.2 Å². The highest BCUT2D eigenvalue weighted by atomic mass is 31.2. The van der Waals surface area contributed by atoms with Crippen molar-refractivity contribution in [1.29, 1.82) is 0 Å². The maximum absolute atomic E-state index is 13.5. The minimum atomic E-state index is -4.75. The molecule has 0 amide bonds. The molecule has 1 aromatic carbocycles. The van der Waals surface area contributed by atoms with Gasteiger partial charge >= 0.3 is 17.3 Å². The van der Waals surface area contributed by atoms with E-state index in [2.05, 4.69) is 4.62 Å². The Morgan fingerprint density at radius 3 is 2.44 bits per heavy atom. The Labute approximate surface area is 149 Å². The fraction of sp³-hybridized carbons (Fsp3) is 0.429. The van der Waals surface area contributed by atoms with E-state index in [1.807, 2.05) is 4.98 Å². The third-order valence-electron chi connectivity index (χ3n) is 3.85. The monoisotopic (exact) mass is 408 g/mol. The summed E-state index contributed by atoms with van der Waals surface area (Å²) >= 11 is 0. The van der Waals surface area contributed by atoms with Gasteiger partial charge in [0.25, 0.3) is 0 Å². The lowest BCUT2D eigenvalue weighted by atomic mass is 10.1. The van der Waals surface area contributed by atoms with Crippen molar-refractivity contribution in [2.24, 2.45) is 0 Å². The quantitative estimate of drug-likeness (QED) is 0.568. The average Bonchev–Trinajstić information content (AvgIpc) is 2.57. The fourth-order valence-electron chi connectivity index (χ4n) is 2.75. The van der Waals surface area contributed by atoms with Crippen molar-refractivity contribution in [1.82, 2.24) is 9.71 Å². The number of hydrogen-bond donors (Lipinski definition) is 1. The molecule has 0 aliphatic carbocycles. The minimum absolute atomic E-state index is 0.164. The normalized spacial score (nSPS) is 17.7. The molecule has 0 radical (unpaired) electrons. The van der Waals surface area contributed by atoms with Crippen LogP contribution in [0.4, 0.5) is 18.9 Å². The molecule has 1 aliphatic rings. The van der Waals surface area contributed by atoms with E-state index in [0.717, 1.165) is 6.07 Å². The van der Waals surface area contributed by atoms with E-state index in [4.69, 9.17) is 4.74 Å². The number of fused-ring (bicyclic) bond motifs is 1. The van der Waals surface area contributed by atoms with Crippen LogP contribution in [0, 0.1) is 0 Å². The first kappa shape index (κ1) is 19.5. The zero-order valence-electron chi connectivity index (χ0n) is 13.9. The van der Waals surface area contributed by atoms with Crippen LogP contribution in [0.15, 0.2) is 21.7 Å². The van der Waals surface area contributed by atoms with Gasteiger partial charge in [0.15, 0.2) is 0 Å². The fourth-order valence-corrected chi connectivity index (χ4v) is 3.20. The van der Waals surface area contributed by atoms with Gasteiger partial charge in [-0.1, -0.05) is 0 Å². The highest BCUT2D eigenvalue weighted by Gasteiger charge is 2.36. The number of nitrogens with zero attached hydrogens (tertiary/aromatic N) is 2. The van der Waals surface area contributed by atoms with Crippen LogP contribution in [0.25, 0.3) is 11.0 Å². The number of H-pyrrole nitrogens is 1. The summed E-state index contributed by atoms with van der Waals surface area (Å²) in [7, 11) is -4.53. The van der Waals surface area contributed by atoms with Crippen molar-refractivity contribution in [3.63, 3.8) is 0 Å². The highest BCUT2D eigenvalue weighted by molar-refractivity contribution is 7.50. The molecule has 9 nitrogen and oxygen atoms in total. The van der Waals surface area contributed by atoms with E-state index in [1.165, 1.54) is 4.90 Å². The Balaban J connectivity index is 2.34. The van der Waals surface area contributed by atoms with Crippen LogP contribution >= 0.6 is 7.60 Å². The molecule has 0 saturated carbocycles. The zero-order valence-corrected chi connectivity index (χ0v) is 14.8. The van der Waals surface area contributed by atoms with E-state index in [9.17, 15) is 32.2 Å². The first-order valence-electron chi connectivity index (χ1n) is 7.69. The Bertz CT molecular complexity index is 1040. The van der Waals surface area contributed by atoms with E-state index >= 15 is 0 Å². The van der Waals surface area contributed by atoms with Crippen molar-refractivity contribution in [2.45, 2.75) is 6.18 Å². The third-order valence-corrected chi connectivity index (χ3v) is 4.31. The summed E-state index contributed by atoms with van der Waals surface area (Å²) in [6.45, 7) is 1.40. The van der Waals surface area contributed by atoms with Crippen LogP contribution in [0.5, 0.6) is 0 Å². The number of alkyl halides is 3. The van der Waals surface area contributed by atoms with Crippen molar-refractivity contribution in [3.8, 4) is 0 Å². The van der Waals surface area contributed by atoms with Crippen LogP contribution in [0.3, 0.4) is 0 Å². The summed E-state index contributed by atoms with van der Waals surface area (Å²) in [5.41, 5.74) is -4.71.